The Morgan fingerprint density at radius 2 is 1.93 bits per heavy atom. The molecule has 2 aromatic heterocycles. The number of rotatable bonds is 9. The lowest BCUT2D eigenvalue weighted by atomic mass is 10.2. The Labute approximate surface area is 177 Å². The Bertz CT molecular complexity index is 1100. The summed E-state index contributed by atoms with van der Waals surface area (Å²) in [6.07, 6.45) is 6.22. The molecule has 3 aromatic rings. The van der Waals surface area contributed by atoms with Crippen LogP contribution in [0.5, 0.6) is 0 Å². The van der Waals surface area contributed by atoms with E-state index >= 15 is 0 Å². The van der Waals surface area contributed by atoms with Crippen LogP contribution in [0.2, 0.25) is 0 Å². The van der Waals surface area contributed by atoms with Crippen LogP contribution < -0.4 is 0 Å². The summed E-state index contributed by atoms with van der Waals surface area (Å²) in [6, 6.07) is 6.40. The van der Waals surface area contributed by atoms with Gasteiger partial charge in [0.25, 0.3) is 0 Å². The number of sulfone groups is 1. The number of benzene rings is 1. The van der Waals surface area contributed by atoms with Crippen molar-refractivity contribution < 1.29 is 12.8 Å². The molecule has 0 bridgehead atoms. The molecule has 2 heterocycles. The van der Waals surface area contributed by atoms with Gasteiger partial charge in [-0.05, 0) is 38.9 Å². The Hall–Kier alpha value is -2.52. The van der Waals surface area contributed by atoms with Crippen LogP contribution in [0.1, 0.15) is 30.7 Å². The number of likely N-dealkylation sites (N-methyl/N-ethyl adjacent to an activating group) is 1. The third-order valence-electron chi connectivity index (χ3n) is 5.04. The fourth-order valence-corrected chi connectivity index (χ4v) is 4.31. The fourth-order valence-electron chi connectivity index (χ4n) is 3.20. The molecule has 9 heteroatoms. The van der Waals surface area contributed by atoms with Crippen molar-refractivity contribution in [3.63, 3.8) is 0 Å². The molecule has 0 unspecified atom stereocenters. The van der Waals surface area contributed by atoms with Gasteiger partial charge < -0.3 is 9.47 Å². The summed E-state index contributed by atoms with van der Waals surface area (Å²) in [5.41, 5.74) is 2.29. The molecular formula is C21H28FN5O2S. The monoisotopic (exact) mass is 433 g/mol. The van der Waals surface area contributed by atoms with Crippen LogP contribution in [0, 0.1) is 5.82 Å². The zero-order valence-electron chi connectivity index (χ0n) is 17.8. The quantitative estimate of drug-likeness (QED) is 0.519. The lowest BCUT2D eigenvalue weighted by molar-refractivity contribution is 0.320. The first kappa shape index (κ1) is 22.2. The molecule has 3 rings (SSSR count). The van der Waals surface area contributed by atoms with E-state index in [-0.39, 0.29) is 17.5 Å². The minimum absolute atomic E-state index is 0.0172. The molecule has 0 saturated carbocycles. The normalized spacial score (nSPS) is 12.2. The molecule has 0 spiro atoms. The summed E-state index contributed by atoms with van der Waals surface area (Å²) in [6.45, 7) is 4.62. The van der Waals surface area contributed by atoms with Gasteiger partial charge in [0, 0.05) is 31.9 Å². The van der Waals surface area contributed by atoms with Crippen LogP contribution in [0.3, 0.4) is 0 Å². The van der Waals surface area contributed by atoms with Crippen molar-refractivity contribution in [2.75, 3.05) is 13.6 Å². The summed E-state index contributed by atoms with van der Waals surface area (Å²) in [7, 11) is 0.238. The predicted octanol–water partition coefficient (Wildman–Crippen LogP) is 2.66. The third-order valence-corrected chi connectivity index (χ3v) is 7.11. The van der Waals surface area contributed by atoms with Crippen LogP contribution >= 0.6 is 0 Å². The molecule has 0 saturated heterocycles. The van der Waals surface area contributed by atoms with E-state index in [1.165, 1.54) is 6.07 Å². The number of halogens is 1. The molecule has 7 nitrogen and oxygen atoms in total. The first-order valence-electron chi connectivity index (χ1n) is 9.86. The molecule has 1 aromatic carbocycles. The molecule has 0 N–H and O–H groups in total. The molecule has 162 valence electrons. The van der Waals surface area contributed by atoms with Crippen LogP contribution in [-0.4, -0.2) is 51.5 Å². The van der Waals surface area contributed by atoms with Gasteiger partial charge in [-0.25, -0.2) is 17.8 Å². The average Bonchev–Trinajstić information content (AvgIpc) is 3.28. The van der Waals surface area contributed by atoms with E-state index < -0.39 is 15.1 Å². The van der Waals surface area contributed by atoms with Crippen molar-refractivity contribution in [3.8, 4) is 0 Å². The van der Waals surface area contributed by atoms with Gasteiger partial charge in [0.1, 0.15) is 5.82 Å². The van der Waals surface area contributed by atoms with E-state index in [0.717, 1.165) is 24.2 Å². The maximum atomic E-state index is 14.3. The van der Waals surface area contributed by atoms with Gasteiger partial charge in [0.15, 0.2) is 0 Å². The molecule has 0 atom stereocenters. The highest BCUT2D eigenvalue weighted by Crippen LogP contribution is 2.21. The van der Waals surface area contributed by atoms with E-state index in [1.807, 2.05) is 26.5 Å². The molecule has 30 heavy (non-hydrogen) atoms. The third kappa shape index (κ3) is 4.96. The van der Waals surface area contributed by atoms with Crippen molar-refractivity contribution >= 4 is 9.84 Å². The summed E-state index contributed by atoms with van der Waals surface area (Å²) in [4.78, 5) is 6.31. The zero-order valence-corrected chi connectivity index (χ0v) is 18.6. The topological polar surface area (TPSA) is 73.0 Å². The van der Waals surface area contributed by atoms with Crippen LogP contribution in [0.15, 0.2) is 48.0 Å². The smallest absolute Gasteiger partial charge is 0.228 e. The summed E-state index contributed by atoms with van der Waals surface area (Å²) < 4.78 is 43.3. The number of aryl methyl sites for hydroxylation is 1. The molecule has 0 aliphatic heterocycles. The molecule has 0 radical (unpaired) electrons. The highest BCUT2D eigenvalue weighted by Gasteiger charge is 2.27. The maximum absolute atomic E-state index is 14.3. The lowest BCUT2D eigenvalue weighted by Gasteiger charge is -2.19. The van der Waals surface area contributed by atoms with Crippen molar-refractivity contribution in [3.05, 3.63) is 65.5 Å². The van der Waals surface area contributed by atoms with Crippen molar-refractivity contribution in [1.29, 1.82) is 0 Å². The second kappa shape index (κ2) is 9.09. The van der Waals surface area contributed by atoms with Gasteiger partial charge in [-0.3, -0.25) is 4.68 Å². The molecule has 0 aliphatic rings. The number of imidazole rings is 1. The minimum Gasteiger partial charge on any atom is -0.313 e. The summed E-state index contributed by atoms with van der Waals surface area (Å²) >= 11 is 0. The minimum atomic E-state index is -3.61. The Kier molecular flexibility index (Phi) is 6.72. The molecule has 0 aliphatic carbocycles. The van der Waals surface area contributed by atoms with Gasteiger partial charge in [-0.2, -0.15) is 5.10 Å². The van der Waals surface area contributed by atoms with Crippen LogP contribution in [0.4, 0.5) is 4.39 Å². The Morgan fingerprint density at radius 1 is 1.20 bits per heavy atom. The SMILES string of the molecule is CC(C)S(=O)(=O)c1ncc(CN(C)CCc2cnn(C)c2)n1Cc1ccccc1F. The molecule has 0 amide bonds. The van der Waals surface area contributed by atoms with Gasteiger partial charge in [0.05, 0.1) is 29.9 Å². The lowest BCUT2D eigenvalue weighted by Crippen LogP contribution is -2.25. The van der Waals surface area contributed by atoms with Gasteiger partial charge >= 0.3 is 0 Å². The number of nitrogens with zero attached hydrogens (tertiary/aromatic N) is 5. The van der Waals surface area contributed by atoms with Crippen LogP contribution in [0.25, 0.3) is 0 Å². The van der Waals surface area contributed by atoms with Gasteiger partial charge in [0.2, 0.25) is 15.0 Å². The van der Waals surface area contributed by atoms with Crippen molar-refractivity contribution in [2.45, 2.75) is 43.8 Å². The predicted molar refractivity (Wildman–Crippen MR) is 113 cm³/mol. The van der Waals surface area contributed by atoms with Gasteiger partial charge in [-0.1, -0.05) is 18.2 Å². The van der Waals surface area contributed by atoms with Crippen molar-refractivity contribution in [2.24, 2.45) is 7.05 Å². The summed E-state index contributed by atoms with van der Waals surface area (Å²) in [5.74, 6) is -0.366. The first-order chi connectivity index (χ1) is 14.2. The molecular weight excluding hydrogens is 405 g/mol. The summed E-state index contributed by atoms with van der Waals surface area (Å²) in [5, 5.41) is 3.54. The van der Waals surface area contributed by atoms with E-state index in [2.05, 4.69) is 15.0 Å². The highest BCUT2D eigenvalue weighted by molar-refractivity contribution is 7.91. The Balaban J connectivity index is 1.86. The fraction of sp³-hybridized carbons (Fsp3) is 0.429. The first-order valence-corrected chi connectivity index (χ1v) is 11.4. The number of hydrogen-bond acceptors (Lipinski definition) is 5. The second-order valence-electron chi connectivity index (χ2n) is 7.81. The average molecular weight is 434 g/mol. The number of aromatic nitrogens is 4. The highest BCUT2D eigenvalue weighted by atomic mass is 32.2. The Morgan fingerprint density at radius 3 is 2.57 bits per heavy atom. The van der Waals surface area contributed by atoms with Gasteiger partial charge in [-0.15, -0.1) is 0 Å². The van der Waals surface area contributed by atoms with E-state index in [0.29, 0.717) is 12.1 Å². The van der Waals surface area contributed by atoms with Crippen molar-refractivity contribution in [1.82, 2.24) is 24.2 Å². The van der Waals surface area contributed by atoms with E-state index in [4.69, 9.17) is 0 Å². The van der Waals surface area contributed by atoms with E-state index in [9.17, 15) is 12.8 Å². The number of hydrogen-bond donors (Lipinski definition) is 0. The van der Waals surface area contributed by atoms with Crippen LogP contribution in [-0.2, 0) is 36.4 Å². The van der Waals surface area contributed by atoms with E-state index in [1.54, 1.807) is 47.5 Å². The molecule has 0 fully saturated rings. The largest absolute Gasteiger partial charge is 0.313 e. The standard InChI is InChI=1S/C21H28FN5O2S/c1-16(2)30(28,29)21-23-12-19(27(21)14-18-7-5-6-8-20(18)22)15-25(3)10-9-17-11-24-26(4)13-17/h5-8,11-13,16H,9-10,14-15H2,1-4H3. The second-order valence-corrected chi connectivity index (χ2v) is 10.2. The zero-order chi connectivity index (χ0) is 21.9. The maximum Gasteiger partial charge on any atom is 0.228 e.